The zero-order chi connectivity index (χ0) is 13.8. The molecule has 0 saturated carbocycles. The molecule has 4 heteroatoms. The molecule has 1 saturated heterocycles. The van der Waals surface area contributed by atoms with Crippen molar-refractivity contribution >= 4 is 5.69 Å². The first-order valence-corrected chi connectivity index (χ1v) is 6.74. The van der Waals surface area contributed by atoms with Crippen molar-refractivity contribution < 1.29 is 4.74 Å². The Labute approximate surface area is 114 Å². The summed E-state index contributed by atoms with van der Waals surface area (Å²) in [6, 6.07) is 8.11. The van der Waals surface area contributed by atoms with E-state index in [1.807, 2.05) is 18.2 Å². The van der Waals surface area contributed by atoms with Crippen LogP contribution in [-0.2, 0) is 0 Å². The van der Waals surface area contributed by atoms with E-state index < -0.39 is 0 Å². The number of methoxy groups -OCH3 is 1. The smallest absolute Gasteiger partial charge is 0.121 e. The molecule has 0 aliphatic carbocycles. The highest BCUT2D eigenvalue weighted by molar-refractivity contribution is 5.62. The SMILES string of the molecule is COc1ccc(C#N)c(N2CCC(C(C)N)CC2)c1. The Kier molecular flexibility index (Phi) is 4.28. The van der Waals surface area contributed by atoms with E-state index in [-0.39, 0.29) is 6.04 Å². The summed E-state index contributed by atoms with van der Waals surface area (Å²) in [7, 11) is 1.65. The number of hydrogen-bond acceptors (Lipinski definition) is 4. The zero-order valence-corrected chi connectivity index (χ0v) is 11.6. The summed E-state index contributed by atoms with van der Waals surface area (Å²) < 4.78 is 5.25. The van der Waals surface area contributed by atoms with Gasteiger partial charge in [-0.15, -0.1) is 0 Å². The van der Waals surface area contributed by atoms with Crippen molar-refractivity contribution in [3.63, 3.8) is 0 Å². The standard InChI is InChI=1S/C15H21N3O/c1-11(17)12-5-7-18(8-6-12)15-9-14(19-2)4-3-13(15)10-16/h3-4,9,11-12H,5-8,17H2,1-2H3. The van der Waals surface area contributed by atoms with E-state index in [4.69, 9.17) is 10.5 Å². The molecule has 1 aromatic carbocycles. The molecule has 1 atom stereocenters. The fourth-order valence-corrected chi connectivity index (χ4v) is 2.66. The third-order valence-corrected chi connectivity index (χ3v) is 3.95. The van der Waals surface area contributed by atoms with Crippen molar-refractivity contribution in [3.05, 3.63) is 23.8 Å². The Bertz CT molecular complexity index is 471. The number of piperidine rings is 1. The quantitative estimate of drug-likeness (QED) is 0.903. The van der Waals surface area contributed by atoms with E-state index in [0.29, 0.717) is 11.5 Å². The lowest BCUT2D eigenvalue weighted by Crippen LogP contribution is -2.40. The third kappa shape index (κ3) is 2.99. The lowest BCUT2D eigenvalue weighted by molar-refractivity contribution is 0.354. The number of nitriles is 1. The Morgan fingerprint density at radius 2 is 2.11 bits per heavy atom. The normalized spacial score (nSPS) is 17.9. The van der Waals surface area contributed by atoms with Crippen molar-refractivity contribution in [2.45, 2.75) is 25.8 Å². The summed E-state index contributed by atoms with van der Waals surface area (Å²) in [4.78, 5) is 2.26. The van der Waals surface area contributed by atoms with Crippen LogP contribution in [-0.4, -0.2) is 26.2 Å². The predicted octanol–water partition coefficient (Wildman–Crippen LogP) is 2.13. The van der Waals surface area contributed by atoms with Crippen LogP contribution in [0.15, 0.2) is 18.2 Å². The van der Waals surface area contributed by atoms with Crippen LogP contribution in [0.2, 0.25) is 0 Å². The second-order valence-corrected chi connectivity index (χ2v) is 5.18. The Hall–Kier alpha value is -1.73. The Balaban J connectivity index is 2.16. The molecule has 1 aliphatic heterocycles. The molecule has 102 valence electrons. The van der Waals surface area contributed by atoms with Crippen molar-refractivity contribution in [2.24, 2.45) is 11.7 Å². The molecular formula is C15H21N3O. The molecule has 1 fully saturated rings. The maximum atomic E-state index is 9.22. The predicted molar refractivity (Wildman–Crippen MR) is 76.3 cm³/mol. The number of nitrogens with zero attached hydrogens (tertiary/aromatic N) is 2. The summed E-state index contributed by atoms with van der Waals surface area (Å²) in [6.45, 7) is 3.98. The summed E-state index contributed by atoms with van der Waals surface area (Å²) >= 11 is 0. The number of ether oxygens (including phenoxy) is 1. The summed E-state index contributed by atoms with van der Waals surface area (Å²) in [6.07, 6.45) is 2.17. The Morgan fingerprint density at radius 3 is 2.63 bits per heavy atom. The van der Waals surface area contributed by atoms with Gasteiger partial charge >= 0.3 is 0 Å². The summed E-state index contributed by atoms with van der Waals surface area (Å²) in [5, 5.41) is 9.22. The molecule has 1 aliphatic rings. The second-order valence-electron chi connectivity index (χ2n) is 5.18. The van der Waals surface area contributed by atoms with Crippen molar-refractivity contribution in [3.8, 4) is 11.8 Å². The molecular weight excluding hydrogens is 238 g/mol. The molecule has 1 unspecified atom stereocenters. The largest absolute Gasteiger partial charge is 0.497 e. The van der Waals surface area contributed by atoms with E-state index >= 15 is 0 Å². The van der Waals surface area contributed by atoms with Gasteiger partial charge < -0.3 is 15.4 Å². The molecule has 0 radical (unpaired) electrons. The fourth-order valence-electron chi connectivity index (χ4n) is 2.66. The minimum atomic E-state index is 0.253. The highest BCUT2D eigenvalue weighted by Gasteiger charge is 2.23. The molecule has 2 N–H and O–H groups in total. The van der Waals surface area contributed by atoms with Gasteiger partial charge in [-0.1, -0.05) is 0 Å². The van der Waals surface area contributed by atoms with E-state index in [9.17, 15) is 5.26 Å². The average molecular weight is 259 g/mol. The molecule has 0 spiro atoms. The maximum Gasteiger partial charge on any atom is 0.121 e. The first-order valence-electron chi connectivity index (χ1n) is 6.74. The molecule has 1 aromatic rings. The minimum absolute atomic E-state index is 0.253. The van der Waals surface area contributed by atoms with Gasteiger partial charge in [0.15, 0.2) is 0 Å². The van der Waals surface area contributed by atoms with Crippen molar-refractivity contribution in [1.29, 1.82) is 5.26 Å². The van der Waals surface area contributed by atoms with Crippen LogP contribution < -0.4 is 15.4 Å². The van der Waals surface area contributed by atoms with Crippen LogP contribution in [0.3, 0.4) is 0 Å². The van der Waals surface area contributed by atoms with Gasteiger partial charge in [0.05, 0.1) is 18.4 Å². The second kappa shape index (κ2) is 5.94. The van der Waals surface area contributed by atoms with E-state index in [1.54, 1.807) is 7.11 Å². The summed E-state index contributed by atoms with van der Waals surface area (Å²) in [5.74, 6) is 1.38. The highest BCUT2D eigenvalue weighted by Crippen LogP contribution is 2.30. The first kappa shape index (κ1) is 13.7. The topological polar surface area (TPSA) is 62.3 Å². The highest BCUT2D eigenvalue weighted by atomic mass is 16.5. The summed E-state index contributed by atoms with van der Waals surface area (Å²) in [5.41, 5.74) is 7.65. The average Bonchev–Trinajstić information content (AvgIpc) is 2.46. The number of benzene rings is 1. The molecule has 4 nitrogen and oxygen atoms in total. The third-order valence-electron chi connectivity index (χ3n) is 3.95. The lowest BCUT2D eigenvalue weighted by Gasteiger charge is -2.35. The van der Waals surface area contributed by atoms with Gasteiger partial charge in [0.1, 0.15) is 11.8 Å². The number of rotatable bonds is 3. The minimum Gasteiger partial charge on any atom is -0.497 e. The van der Waals surface area contributed by atoms with Crippen LogP contribution in [0, 0.1) is 17.2 Å². The zero-order valence-electron chi connectivity index (χ0n) is 11.6. The van der Waals surface area contributed by atoms with Gasteiger partial charge in [-0.3, -0.25) is 0 Å². The Morgan fingerprint density at radius 1 is 1.42 bits per heavy atom. The van der Waals surface area contributed by atoms with E-state index in [2.05, 4.69) is 17.9 Å². The van der Waals surface area contributed by atoms with Crippen LogP contribution in [0.1, 0.15) is 25.3 Å². The van der Waals surface area contributed by atoms with E-state index in [1.165, 1.54) is 0 Å². The van der Waals surface area contributed by atoms with Crippen LogP contribution in [0.25, 0.3) is 0 Å². The van der Waals surface area contributed by atoms with Crippen LogP contribution >= 0.6 is 0 Å². The first-order chi connectivity index (χ1) is 9.15. The monoisotopic (exact) mass is 259 g/mol. The number of nitrogens with two attached hydrogens (primary N) is 1. The van der Waals surface area contributed by atoms with E-state index in [0.717, 1.165) is 37.4 Å². The lowest BCUT2D eigenvalue weighted by atomic mass is 9.90. The van der Waals surface area contributed by atoms with Crippen LogP contribution in [0.5, 0.6) is 5.75 Å². The van der Waals surface area contributed by atoms with Gasteiger partial charge in [0.2, 0.25) is 0 Å². The molecule has 19 heavy (non-hydrogen) atoms. The van der Waals surface area contributed by atoms with Crippen molar-refractivity contribution in [1.82, 2.24) is 0 Å². The molecule has 1 heterocycles. The van der Waals surface area contributed by atoms with Gasteiger partial charge in [0.25, 0.3) is 0 Å². The molecule has 2 rings (SSSR count). The molecule has 0 bridgehead atoms. The maximum absolute atomic E-state index is 9.22. The van der Waals surface area contributed by atoms with Gasteiger partial charge in [-0.25, -0.2) is 0 Å². The van der Waals surface area contributed by atoms with Gasteiger partial charge in [-0.2, -0.15) is 5.26 Å². The number of hydrogen-bond donors (Lipinski definition) is 1. The number of anilines is 1. The van der Waals surface area contributed by atoms with Crippen molar-refractivity contribution in [2.75, 3.05) is 25.1 Å². The molecule has 0 aromatic heterocycles. The molecule has 0 amide bonds. The fraction of sp³-hybridized carbons (Fsp3) is 0.533. The van der Waals surface area contributed by atoms with Crippen LogP contribution in [0.4, 0.5) is 5.69 Å². The van der Waals surface area contributed by atoms with Gasteiger partial charge in [0, 0.05) is 25.2 Å². The van der Waals surface area contributed by atoms with Gasteiger partial charge in [-0.05, 0) is 37.8 Å².